The lowest BCUT2D eigenvalue weighted by Crippen LogP contribution is -3.00. The summed E-state index contributed by atoms with van der Waals surface area (Å²) >= 11 is 0. The number of hydrogen-bond acceptors (Lipinski definition) is 1. The molecular formula is C12H23BrN2O. The van der Waals surface area contributed by atoms with Crippen LogP contribution in [-0.2, 0) is 4.79 Å². The highest BCUT2D eigenvalue weighted by Crippen LogP contribution is 2.11. The molecule has 0 aromatic carbocycles. The Kier molecular flexibility index (Phi) is 6.91. The summed E-state index contributed by atoms with van der Waals surface area (Å²) in [5.74, 6) is 0.294. The maximum absolute atomic E-state index is 11.6. The van der Waals surface area contributed by atoms with Crippen molar-refractivity contribution in [2.24, 2.45) is 0 Å². The third-order valence-corrected chi connectivity index (χ3v) is 3.26. The fourth-order valence-corrected chi connectivity index (χ4v) is 2.20. The predicted molar refractivity (Wildman–Crippen MR) is 62.5 cm³/mol. The first-order valence-corrected chi connectivity index (χ1v) is 5.83. The Morgan fingerprint density at radius 1 is 1.44 bits per heavy atom. The van der Waals surface area contributed by atoms with Crippen LogP contribution in [0.25, 0.3) is 0 Å². The molecule has 3 nitrogen and oxygen atoms in total. The normalized spacial score (nSPS) is 25.5. The maximum atomic E-state index is 11.6. The summed E-state index contributed by atoms with van der Waals surface area (Å²) in [6, 6.07) is 0. The number of hydrogen-bond donors (Lipinski definition) is 0. The molecule has 1 amide bonds. The van der Waals surface area contributed by atoms with Crippen molar-refractivity contribution in [3.8, 4) is 0 Å². The third kappa shape index (κ3) is 4.26. The largest absolute Gasteiger partial charge is 1.00 e. The van der Waals surface area contributed by atoms with E-state index in [1.807, 2.05) is 17.9 Å². The summed E-state index contributed by atoms with van der Waals surface area (Å²) in [6.45, 7) is 10.8. The van der Waals surface area contributed by atoms with E-state index in [2.05, 4.69) is 13.6 Å². The highest BCUT2D eigenvalue weighted by molar-refractivity contribution is 5.75. The summed E-state index contributed by atoms with van der Waals surface area (Å²) in [5, 5.41) is 0. The molecule has 1 aliphatic heterocycles. The van der Waals surface area contributed by atoms with Gasteiger partial charge in [-0.25, -0.2) is 0 Å². The minimum absolute atomic E-state index is 0. The highest BCUT2D eigenvalue weighted by atomic mass is 79.9. The van der Waals surface area contributed by atoms with Crippen molar-refractivity contribution < 1.29 is 26.3 Å². The summed E-state index contributed by atoms with van der Waals surface area (Å²) in [7, 11) is 2.25. The molecule has 0 aromatic heterocycles. The van der Waals surface area contributed by atoms with Crippen LogP contribution < -0.4 is 17.0 Å². The van der Waals surface area contributed by atoms with Crippen LogP contribution in [0.4, 0.5) is 0 Å². The van der Waals surface area contributed by atoms with Gasteiger partial charge in [-0.1, -0.05) is 13.5 Å². The van der Waals surface area contributed by atoms with E-state index < -0.39 is 0 Å². The van der Waals surface area contributed by atoms with Crippen LogP contribution in [0.3, 0.4) is 0 Å². The number of nitrogens with zero attached hydrogens (tertiary/aromatic N) is 2. The van der Waals surface area contributed by atoms with Gasteiger partial charge in [-0.2, -0.15) is 0 Å². The van der Waals surface area contributed by atoms with Gasteiger partial charge >= 0.3 is 0 Å². The number of likely N-dealkylation sites (N-methyl/N-ethyl adjacent to an activating group) is 1. The predicted octanol–water partition coefficient (Wildman–Crippen LogP) is -1.73. The van der Waals surface area contributed by atoms with Crippen LogP contribution in [-0.4, -0.2) is 55.1 Å². The molecule has 4 heteroatoms. The second-order valence-electron chi connectivity index (χ2n) is 4.63. The van der Waals surface area contributed by atoms with E-state index >= 15 is 0 Å². The van der Waals surface area contributed by atoms with Crippen LogP contribution in [0, 0.1) is 0 Å². The Labute approximate surface area is 109 Å². The van der Waals surface area contributed by atoms with Crippen molar-refractivity contribution in [3.05, 3.63) is 12.7 Å². The van der Waals surface area contributed by atoms with Gasteiger partial charge < -0.3 is 26.4 Å². The van der Waals surface area contributed by atoms with Crippen LogP contribution in [0.2, 0.25) is 0 Å². The second-order valence-corrected chi connectivity index (χ2v) is 4.63. The first kappa shape index (κ1) is 15.7. The van der Waals surface area contributed by atoms with Gasteiger partial charge in [-0.05, 0) is 6.08 Å². The van der Waals surface area contributed by atoms with Gasteiger partial charge in [-0.15, -0.1) is 0 Å². The third-order valence-electron chi connectivity index (χ3n) is 3.26. The molecule has 0 bridgehead atoms. The highest BCUT2D eigenvalue weighted by Gasteiger charge is 2.26. The summed E-state index contributed by atoms with van der Waals surface area (Å²) in [6.07, 6.45) is 3.72. The van der Waals surface area contributed by atoms with Crippen LogP contribution in [0.15, 0.2) is 12.7 Å². The van der Waals surface area contributed by atoms with Gasteiger partial charge in [0.1, 0.15) is 0 Å². The van der Waals surface area contributed by atoms with E-state index in [4.69, 9.17) is 0 Å². The zero-order chi connectivity index (χ0) is 11.3. The Balaban J connectivity index is 0.00000225. The zero-order valence-corrected chi connectivity index (χ0v) is 12.0. The fourth-order valence-electron chi connectivity index (χ4n) is 2.20. The lowest BCUT2D eigenvalue weighted by atomic mass is 10.3. The number of rotatable bonds is 3. The topological polar surface area (TPSA) is 20.3 Å². The molecule has 0 N–H and O–H groups in total. The molecule has 0 saturated carbocycles. The summed E-state index contributed by atoms with van der Waals surface area (Å²) < 4.78 is 1.02. The fraction of sp³-hybridized carbons (Fsp3) is 0.750. The van der Waals surface area contributed by atoms with E-state index in [0.29, 0.717) is 12.3 Å². The molecule has 1 fully saturated rings. The molecule has 1 rings (SSSR count). The number of halogens is 1. The van der Waals surface area contributed by atoms with E-state index in [0.717, 1.165) is 43.6 Å². The quantitative estimate of drug-likeness (QED) is 0.447. The van der Waals surface area contributed by atoms with Crippen molar-refractivity contribution in [2.75, 3.05) is 39.8 Å². The Morgan fingerprint density at radius 2 is 2.12 bits per heavy atom. The minimum atomic E-state index is 0. The molecule has 1 heterocycles. The van der Waals surface area contributed by atoms with Crippen LogP contribution in [0.1, 0.15) is 19.8 Å². The Morgan fingerprint density at radius 3 is 2.69 bits per heavy atom. The zero-order valence-electron chi connectivity index (χ0n) is 10.4. The smallest absolute Gasteiger partial charge is 0.222 e. The SMILES string of the molecule is C=CC[N+]1(C)CCCN(C(=O)CC)CC1.[Br-]. The van der Waals surface area contributed by atoms with Gasteiger partial charge in [0.05, 0.1) is 33.2 Å². The van der Waals surface area contributed by atoms with Crippen molar-refractivity contribution in [1.82, 2.24) is 4.90 Å². The van der Waals surface area contributed by atoms with Gasteiger partial charge in [-0.3, -0.25) is 4.79 Å². The molecule has 1 atom stereocenters. The van der Waals surface area contributed by atoms with Crippen molar-refractivity contribution >= 4 is 5.91 Å². The number of amides is 1. The molecule has 1 unspecified atom stereocenters. The summed E-state index contributed by atoms with van der Waals surface area (Å²) in [4.78, 5) is 13.6. The maximum Gasteiger partial charge on any atom is 0.222 e. The summed E-state index contributed by atoms with van der Waals surface area (Å²) in [5.41, 5.74) is 0. The molecule has 0 aromatic rings. The molecule has 0 spiro atoms. The van der Waals surface area contributed by atoms with E-state index in [1.165, 1.54) is 0 Å². The van der Waals surface area contributed by atoms with Gasteiger partial charge in [0.15, 0.2) is 0 Å². The van der Waals surface area contributed by atoms with Gasteiger partial charge in [0.25, 0.3) is 0 Å². The Hall–Kier alpha value is -0.350. The van der Waals surface area contributed by atoms with E-state index in [9.17, 15) is 4.79 Å². The Bertz CT molecular complexity index is 245. The number of carbonyl (C=O) groups excluding carboxylic acids is 1. The van der Waals surface area contributed by atoms with E-state index in [1.54, 1.807) is 0 Å². The molecule has 0 aliphatic carbocycles. The number of carbonyl (C=O) groups is 1. The molecular weight excluding hydrogens is 268 g/mol. The minimum Gasteiger partial charge on any atom is -1.00 e. The van der Waals surface area contributed by atoms with Crippen molar-refractivity contribution in [2.45, 2.75) is 19.8 Å². The molecule has 94 valence electrons. The lowest BCUT2D eigenvalue weighted by molar-refractivity contribution is -0.902. The monoisotopic (exact) mass is 290 g/mol. The van der Waals surface area contributed by atoms with Crippen LogP contribution >= 0.6 is 0 Å². The van der Waals surface area contributed by atoms with Crippen molar-refractivity contribution in [3.63, 3.8) is 0 Å². The molecule has 16 heavy (non-hydrogen) atoms. The van der Waals surface area contributed by atoms with Crippen LogP contribution in [0.5, 0.6) is 0 Å². The first-order chi connectivity index (χ1) is 7.11. The molecule has 0 radical (unpaired) electrons. The molecule has 1 aliphatic rings. The van der Waals surface area contributed by atoms with E-state index in [-0.39, 0.29) is 17.0 Å². The molecule has 1 saturated heterocycles. The van der Waals surface area contributed by atoms with Crippen molar-refractivity contribution in [1.29, 1.82) is 0 Å². The second kappa shape index (κ2) is 7.07. The number of quaternary nitrogens is 1. The average Bonchev–Trinajstić information content (AvgIpc) is 2.40. The van der Waals surface area contributed by atoms with Gasteiger partial charge in [0, 0.05) is 19.4 Å². The first-order valence-electron chi connectivity index (χ1n) is 5.83. The lowest BCUT2D eigenvalue weighted by Gasteiger charge is -2.32. The standard InChI is InChI=1S/C12H23N2O.BrH/c1-4-9-14(3)10-6-7-13(8-11-14)12(15)5-2;/h4H,1,5-11H2,2-3H3;1H/q+1;/p-1. The average molecular weight is 291 g/mol. The van der Waals surface area contributed by atoms with Gasteiger partial charge in [0.2, 0.25) is 5.91 Å².